The van der Waals surface area contributed by atoms with Crippen LogP contribution < -0.4 is 0 Å². The van der Waals surface area contributed by atoms with Crippen molar-refractivity contribution in [2.24, 2.45) is 0 Å². The van der Waals surface area contributed by atoms with Crippen LogP contribution in [0.25, 0.3) is 0 Å². The fourth-order valence-electron chi connectivity index (χ4n) is 1.76. The quantitative estimate of drug-likeness (QED) is 0.663. The van der Waals surface area contributed by atoms with Crippen LogP contribution in [0.2, 0.25) is 0 Å². The Morgan fingerprint density at radius 2 is 1.93 bits per heavy atom. The van der Waals surface area contributed by atoms with Crippen molar-refractivity contribution in [2.75, 3.05) is 6.54 Å². The first-order valence-corrected chi connectivity index (χ1v) is 4.67. The van der Waals surface area contributed by atoms with Crippen molar-refractivity contribution < 1.29 is 22.4 Å². The molecule has 6 heteroatoms. The van der Waals surface area contributed by atoms with E-state index >= 15 is 0 Å². The molecule has 2 nitrogen and oxygen atoms in total. The molecule has 0 aliphatic carbocycles. The minimum absolute atomic E-state index is 0.119. The summed E-state index contributed by atoms with van der Waals surface area (Å²) in [6, 6.07) is 0. The molecule has 0 unspecified atom stereocenters. The van der Waals surface area contributed by atoms with Crippen molar-refractivity contribution in [3.05, 3.63) is 0 Å². The Labute approximate surface area is 85.2 Å². The Kier molecular flexibility index (Phi) is 2.98. The van der Waals surface area contributed by atoms with Crippen LogP contribution in [0.3, 0.4) is 0 Å². The molecule has 1 amide bonds. The second kappa shape index (κ2) is 3.64. The molecule has 0 spiro atoms. The lowest BCUT2D eigenvalue weighted by Crippen LogP contribution is -2.53. The van der Waals surface area contributed by atoms with Crippen molar-refractivity contribution in [3.8, 4) is 0 Å². The molecular weight excluding hydrogens is 214 g/mol. The highest BCUT2D eigenvalue weighted by atomic mass is 19.3. The first-order valence-electron chi connectivity index (χ1n) is 4.67. The fourth-order valence-corrected chi connectivity index (χ4v) is 1.76. The van der Waals surface area contributed by atoms with Crippen molar-refractivity contribution in [1.29, 1.82) is 0 Å². The van der Waals surface area contributed by atoms with Crippen molar-refractivity contribution in [1.82, 2.24) is 4.90 Å². The van der Waals surface area contributed by atoms with Gasteiger partial charge in [0.15, 0.2) is 0 Å². The number of halogens is 4. The third-order valence-corrected chi connectivity index (χ3v) is 2.71. The maximum atomic E-state index is 12.8. The molecular formula is C9H13F4NO. The minimum atomic E-state index is -4.57. The molecule has 0 aromatic carbocycles. The number of likely N-dealkylation sites (tertiary alicyclic amines) is 1. The summed E-state index contributed by atoms with van der Waals surface area (Å²) >= 11 is 0. The third kappa shape index (κ3) is 2.08. The zero-order valence-electron chi connectivity index (χ0n) is 8.57. The van der Waals surface area contributed by atoms with Gasteiger partial charge in [-0.1, -0.05) is 0 Å². The molecule has 0 aromatic heterocycles. The second-order valence-corrected chi connectivity index (χ2v) is 4.30. The molecule has 1 aliphatic heterocycles. The maximum absolute atomic E-state index is 12.8. The first kappa shape index (κ1) is 12.3. The number of rotatable bonds is 2. The summed E-state index contributed by atoms with van der Waals surface area (Å²) in [6.45, 7) is 3.31. The molecule has 0 bridgehead atoms. The van der Waals surface area contributed by atoms with Gasteiger partial charge in [-0.15, -0.1) is 0 Å². The van der Waals surface area contributed by atoms with Crippen LogP contribution in [0, 0.1) is 0 Å². The topological polar surface area (TPSA) is 20.3 Å². The summed E-state index contributed by atoms with van der Waals surface area (Å²) in [5.41, 5.74) is -0.755. The SMILES string of the molecule is CC1(C)CCCN1C(=O)C(F)(F)C(F)F. The number of alkyl halides is 4. The van der Waals surface area contributed by atoms with Crippen LogP contribution in [0.4, 0.5) is 17.6 Å². The van der Waals surface area contributed by atoms with Gasteiger partial charge >= 0.3 is 12.3 Å². The number of carbonyl (C=O) groups excluding carboxylic acids is 1. The smallest absolute Gasteiger partial charge is 0.332 e. The van der Waals surface area contributed by atoms with E-state index in [-0.39, 0.29) is 6.54 Å². The van der Waals surface area contributed by atoms with E-state index in [0.717, 1.165) is 4.90 Å². The Balaban J connectivity index is 2.86. The lowest BCUT2D eigenvalue weighted by atomic mass is 10.0. The van der Waals surface area contributed by atoms with E-state index in [0.29, 0.717) is 12.8 Å². The van der Waals surface area contributed by atoms with Gasteiger partial charge in [0, 0.05) is 12.1 Å². The predicted molar refractivity (Wildman–Crippen MR) is 46.0 cm³/mol. The highest BCUT2D eigenvalue weighted by Crippen LogP contribution is 2.34. The largest absolute Gasteiger partial charge is 0.383 e. The summed E-state index contributed by atoms with van der Waals surface area (Å²) in [4.78, 5) is 12.1. The average Bonchev–Trinajstić information content (AvgIpc) is 2.43. The monoisotopic (exact) mass is 227 g/mol. The first-order chi connectivity index (χ1) is 6.69. The molecule has 1 saturated heterocycles. The van der Waals surface area contributed by atoms with E-state index in [4.69, 9.17) is 0 Å². The zero-order chi connectivity index (χ0) is 11.9. The average molecular weight is 227 g/mol. The van der Waals surface area contributed by atoms with Crippen molar-refractivity contribution in [3.63, 3.8) is 0 Å². The number of hydrogen-bond donors (Lipinski definition) is 0. The van der Waals surface area contributed by atoms with E-state index in [2.05, 4.69) is 0 Å². The highest BCUT2D eigenvalue weighted by molar-refractivity contribution is 5.84. The molecule has 1 aliphatic rings. The van der Waals surface area contributed by atoms with Crippen LogP contribution in [-0.2, 0) is 4.79 Å². The molecule has 0 atom stereocenters. The third-order valence-electron chi connectivity index (χ3n) is 2.71. The summed E-state index contributed by atoms with van der Waals surface area (Å²) in [5.74, 6) is -6.33. The summed E-state index contributed by atoms with van der Waals surface area (Å²) in [7, 11) is 0. The van der Waals surface area contributed by atoms with Crippen LogP contribution in [0.1, 0.15) is 26.7 Å². The van der Waals surface area contributed by atoms with Crippen LogP contribution in [0.5, 0.6) is 0 Å². The summed E-state index contributed by atoms with van der Waals surface area (Å²) < 4.78 is 49.5. The molecule has 0 aromatic rings. The van der Waals surface area contributed by atoms with Gasteiger partial charge in [0.1, 0.15) is 0 Å². The standard InChI is InChI=1S/C9H13F4NO/c1-8(2)4-3-5-14(8)7(15)9(12,13)6(10)11/h6H,3-5H2,1-2H3. The summed E-state index contributed by atoms with van der Waals surface area (Å²) in [5, 5.41) is 0. The second-order valence-electron chi connectivity index (χ2n) is 4.30. The Morgan fingerprint density at radius 3 is 2.27 bits per heavy atom. The Morgan fingerprint density at radius 1 is 1.40 bits per heavy atom. The van der Waals surface area contributed by atoms with Gasteiger partial charge < -0.3 is 4.90 Å². The van der Waals surface area contributed by atoms with Crippen molar-refractivity contribution in [2.45, 2.75) is 44.6 Å². The number of hydrogen-bond acceptors (Lipinski definition) is 1. The number of carbonyl (C=O) groups is 1. The Hall–Kier alpha value is -0.810. The number of nitrogens with zero attached hydrogens (tertiary/aromatic N) is 1. The van der Waals surface area contributed by atoms with Gasteiger partial charge in [-0.2, -0.15) is 8.78 Å². The van der Waals surface area contributed by atoms with Crippen molar-refractivity contribution >= 4 is 5.91 Å². The molecule has 1 rings (SSSR count). The molecule has 1 fully saturated rings. The molecule has 0 saturated carbocycles. The maximum Gasteiger partial charge on any atom is 0.383 e. The van der Waals surface area contributed by atoms with Crippen LogP contribution in [-0.4, -0.2) is 35.2 Å². The van der Waals surface area contributed by atoms with Crippen LogP contribution >= 0.6 is 0 Å². The van der Waals surface area contributed by atoms with E-state index < -0.39 is 23.8 Å². The van der Waals surface area contributed by atoms with E-state index in [1.807, 2.05) is 0 Å². The molecule has 0 radical (unpaired) electrons. The minimum Gasteiger partial charge on any atom is -0.332 e. The predicted octanol–water partition coefficient (Wildman–Crippen LogP) is 2.29. The highest BCUT2D eigenvalue weighted by Gasteiger charge is 2.54. The normalized spacial score (nSPS) is 21.1. The number of amides is 1. The zero-order valence-corrected chi connectivity index (χ0v) is 8.57. The van der Waals surface area contributed by atoms with Gasteiger partial charge in [-0.3, -0.25) is 4.79 Å². The van der Waals surface area contributed by atoms with E-state index in [1.165, 1.54) is 0 Å². The van der Waals surface area contributed by atoms with Gasteiger partial charge in [0.2, 0.25) is 0 Å². The van der Waals surface area contributed by atoms with E-state index in [1.54, 1.807) is 13.8 Å². The van der Waals surface area contributed by atoms with Gasteiger partial charge in [0.25, 0.3) is 5.91 Å². The molecule has 0 N–H and O–H groups in total. The van der Waals surface area contributed by atoms with Gasteiger partial charge in [-0.05, 0) is 26.7 Å². The van der Waals surface area contributed by atoms with Gasteiger partial charge in [0.05, 0.1) is 0 Å². The molecule has 15 heavy (non-hydrogen) atoms. The molecule has 88 valence electrons. The van der Waals surface area contributed by atoms with Crippen LogP contribution in [0.15, 0.2) is 0 Å². The lowest BCUT2D eigenvalue weighted by molar-refractivity contribution is -0.183. The van der Waals surface area contributed by atoms with E-state index in [9.17, 15) is 22.4 Å². The lowest BCUT2D eigenvalue weighted by Gasteiger charge is -2.33. The fraction of sp³-hybridized carbons (Fsp3) is 0.889. The van der Waals surface area contributed by atoms with Gasteiger partial charge in [-0.25, -0.2) is 8.78 Å². The Bertz CT molecular complexity index is 265. The summed E-state index contributed by atoms with van der Waals surface area (Å²) in [6.07, 6.45) is -2.82. The molecule has 1 heterocycles.